The Hall–Kier alpha value is -2.86. The van der Waals surface area contributed by atoms with Gasteiger partial charge in [0.25, 0.3) is 5.56 Å². The van der Waals surface area contributed by atoms with Gasteiger partial charge in [-0.05, 0) is 30.7 Å². The molecule has 0 radical (unpaired) electrons. The molecule has 0 N–H and O–H groups in total. The normalized spacial score (nSPS) is 11.2. The maximum absolute atomic E-state index is 13.2. The summed E-state index contributed by atoms with van der Waals surface area (Å²) in [7, 11) is 0. The number of aryl methyl sites for hydroxylation is 1. The molecule has 0 aliphatic rings. The zero-order valence-corrected chi connectivity index (χ0v) is 14.5. The molecule has 0 aliphatic heterocycles. The lowest BCUT2D eigenvalue weighted by Crippen LogP contribution is -2.22. The van der Waals surface area contributed by atoms with Crippen LogP contribution in [0.15, 0.2) is 71.1 Å². The van der Waals surface area contributed by atoms with Crippen LogP contribution in [0.3, 0.4) is 0 Å². The summed E-state index contributed by atoms with van der Waals surface area (Å²) < 4.78 is 3.58. The SMILES string of the molecule is C=CCSc1nnc2n(-c3ccccc3C)c(=O)c3ccccc3n12. The lowest BCUT2D eigenvalue weighted by molar-refractivity contribution is 0.930. The van der Waals surface area contributed by atoms with E-state index in [0.717, 1.165) is 27.7 Å². The van der Waals surface area contributed by atoms with Crippen molar-refractivity contribution < 1.29 is 0 Å². The number of benzene rings is 2. The Morgan fingerprint density at radius 2 is 1.88 bits per heavy atom. The van der Waals surface area contributed by atoms with Crippen molar-refractivity contribution in [2.45, 2.75) is 12.1 Å². The molecule has 4 rings (SSSR count). The highest BCUT2D eigenvalue weighted by Crippen LogP contribution is 2.23. The van der Waals surface area contributed by atoms with E-state index < -0.39 is 0 Å². The van der Waals surface area contributed by atoms with Gasteiger partial charge in [0.05, 0.1) is 16.6 Å². The highest BCUT2D eigenvalue weighted by Gasteiger charge is 2.18. The molecule has 0 unspecified atom stereocenters. The van der Waals surface area contributed by atoms with Crippen LogP contribution in [0.25, 0.3) is 22.4 Å². The number of rotatable bonds is 4. The number of hydrogen-bond acceptors (Lipinski definition) is 4. The Bertz CT molecular complexity index is 1160. The Morgan fingerprint density at radius 1 is 1.12 bits per heavy atom. The molecule has 0 fully saturated rings. The highest BCUT2D eigenvalue weighted by atomic mass is 32.2. The van der Waals surface area contributed by atoms with Crippen molar-refractivity contribution in [1.82, 2.24) is 19.2 Å². The van der Waals surface area contributed by atoms with Crippen LogP contribution < -0.4 is 5.56 Å². The van der Waals surface area contributed by atoms with Crippen LogP contribution in [-0.2, 0) is 0 Å². The maximum Gasteiger partial charge on any atom is 0.267 e. The van der Waals surface area contributed by atoms with E-state index in [2.05, 4.69) is 16.8 Å². The molecule has 0 saturated carbocycles. The van der Waals surface area contributed by atoms with Gasteiger partial charge in [-0.2, -0.15) is 0 Å². The minimum absolute atomic E-state index is 0.0925. The van der Waals surface area contributed by atoms with Gasteiger partial charge in [0, 0.05) is 5.75 Å². The highest BCUT2D eigenvalue weighted by molar-refractivity contribution is 7.99. The number of aromatic nitrogens is 4. The van der Waals surface area contributed by atoms with E-state index in [1.807, 2.05) is 65.9 Å². The van der Waals surface area contributed by atoms with Crippen molar-refractivity contribution >= 4 is 28.4 Å². The Labute approximate surface area is 148 Å². The second-order valence-corrected chi connectivity index (χ2v) is 6.65. The van der Waals surface area contributed by atoms with Crippen LogP contribution in [0.5, 0.6) is 0 Å². The fraction of sp³-hybridized carbons (Fsp3) is 0.105. The van der Waals surface area contributed by atoms with Crippen molar-refractivity contribution in [3.05, 3.63) is 77.1 Å². The summed E-state index contributed by atoms with van der Waals surface area (Å²) in [5.41, 5.74) is 2.54. The predicted octanol–water partition coefficient (Wildman–Crippen LogP) is 3.62. The molecule has 0 bridgehead atoms. The first kappa shape index (κ1) is 15.7. The number of nitrogens with zero attached hydrogens (tertiary/aromatic N) is 4. The van der Waals surface area contributed by atoms with Crippen LogP contribution >= 0.6 is 11.8 Å². The Morgan fingerprint density at radius 3 is 2.68 bits per heavy atom. The van der Waals surface area contributed by atoms with Gasteiger partial charge in [-0.25, -0.2) is 4.57 Å². The topological polar surface area (TPSA) is 52.2 Å². The van der Waals surface area contributed by atoms with Gasteiger partial charge in [0.1, 0.15) is 0 Å². The first-order chi connectivity index (χ1) is 12.2. The zero-order valence-electron chi connectivity index (χ0n) is 13.7. The lowest BCUT2D eigenvalue weighted by Gasteiger charge is -2.13. The second-order valence-electron chi connectivity index (χ2n) is 5.66. The van der Waals surface area contributed by atoms with Crippen LogP contribution in [0.4, 0.5) is 0 Å². The molecular weight excluding hydrogens is 332 g/mol. The molecule has 0 amide bonds. The fourth-order valence-corrected chi connectivity index (χ4v) is 3.61. The largest absolute Gasteiger partial charge is 0.268 e. The summed E-state index contributed by atoms with van der Waals surface area (Å²) in [5, 5.41) is 10.0. The molecule has 5 nitrogen and oxygen atoms in total. The van der Waals surface area contributed by atoms with Crippen LogP contribution in [0.2, 0.25) is 0 Å². The third-order valence-electron chi connectivity index (χ3n) is 4.08. The van der Waals surface area contributed by atoms with Gasteiger partial charge in [0.2, 0.25) is 5.78 Å². The molecule has 0 aliphatic carbocycles. The first-order valence-electron chi connectivity index (χ1n) is 7.91. The third kappa shape index (κ3) is 2.46. The van der Waals surface area contributed by atoms with E-state index in [-0.39, 0.29) is 5.56 Å². The van der Waals surface area contributed by atoms with Gasteiger partial charge in [-0.1, -0.05) is 48.2 Å². The van der Waals surface area contributed by atoms with E-state index in [1.54, 1.807) is 16.3 Å². The molecule has 2 aromatic heterocycles. The predicted molar refractivity (Wildman–Crippen MR) is 102 cm³/mol. The summed E-state index contributed by atoms with van der Waals surface area (Å²) in [4.78, 5) is 13.2. The van der Waals surface area contributed by atoms with Crippen molar-refractivity contribution in [1.29, 1.82) is 0 Å². The van der Waals surface area contributed by atoms with Crippen molar-refractivity contribution in [3.8, 4) is 5.69 Å². The quantitative estimate of drug-likeness (QED) is 0.417. The lowest BCUT2D eigenvalue weighted by atomic mass is 10.2. The average molecular weight is 348 g/mol. The first-order valence-corrected chi connectivity index (χ1v) is 8.89. The van der Waals surface area contributed by atoms with Crippen LogP contribution in [0, 0.1) is 6.92 Å². The Balaban J connectivity index is 2.17. The number of thioether (sulfide) groups is 1. The monoisotopic (exact) mass is 348 g/mol. The summed E-state index contributed by atoms with van der Waals surface area (Å²) in [6, 6.07) is 15.3. The summed E-state index contributed by atoms with van der Waals surface area (Å²) in [5.74, 6) is 1.24. The van der Waals surface area contributed by atoms with E-state index in [1.165, 1.54) is 0 Å². The average Bonchev–Trinajstić information content (AvgIpc) is 3.05. The van der Waals surface area contributed by atoms with Crippen molar-refractivity contribution in [2.75, 3.05) is 5.75 Å². The second kappa shape index (κ2) is 6.22. The van der Waals surface area contributed by atoms with E-state index in [4.69, 9.17) is 0 Å². The zero-order chi connectivity index (χ0) is 17.4. The molecule has 0 atom stereocenters. The molecule has 6 heteroatoms. The van der Waals surface area contributed by atoms with Crippen molar-refractivity contribution in [3.63, 3.8) is 0 Å². The van der Waals surface area contributed by atoms with Gasteiger partial charge >= 0.3 is 0 Å². The van der Waals surface area contributed by atoms with E-state index in [0.29, 0.717) is 11.2 Å². The molecule has 0 spiro atoms. The fourth-order valence-electron chi connectivity index (χ4n) is 2.94. The molecule has 25 heavy (non-hydrogen) atoms. The molecule has 124 valence electrons. The number of hydrogen-bond donors (Lipinski definition) is 0. The van der Waals surface area contributed by atoms with Gasteiger partial charge in [-0.15, -0.1) is 16.8 Å². The number of para-hydroxylation sites is 2. The minimum Gasteiger partial charge on any atom is -0.268 e. The van der Waals surface area contributed by atoms with Crippen LogP contribution in [0.1, 0.15) is 5.56 Å². The van der Waals surface area contributed by atoms with Gasteiger partial charge < -0.3 is 0 Å². The molecular formula is C19H16N4OS. The summed E-state index contributed by atoms with van der Waals surface area (Å²) in [6.07, 6.45) is 1.82. The maximum atomic E-state index is 13.2. The Kier molecular flexibility index (Phi) is 3.89. The third-order valence-corrected chi connectivity index (χ3v) is 5.01. The van der Waals surface area contributed by atoms with Gasteiger partial charge in [0.15, 0.2) is 5.16 Å². The number of fused-ring (bicyclic) bond motifs is 3. The molecule has 4 aromatic rings. The summed E-state index contributed by atoms with van der Waals surface area (Å²) >= 11 is 1.54. The minimum atomic E-state index is -0.0925. The summed E-state index contributed by atoms with van der Waals surface area (Å²) in [6.45, 7) is 5.74. The van der Waals surface area contributed by atoms with E-state index >= 15 is 0 Å². The van der Waals surface area contributed by atoms with Gasteiger partial charge in [-0.3, -0.25) is 9.20 Å². The molecule has 0 saturated heterocycles. The standard InChI is InChI=1S/C19H16N4OS/c1-3-12-25-19-21-20-18-22(15-10-6-4-8-13(15)2)17(24)14-9-5-7-11-16(14)23(18)19/h3-11H,1,12H2,2H3. The smallest absolute Gasteiger partial charge is 0.267 e. The van der Waals surface area contributed by atoms with Crippen molar-refractivity contribution in [2.24, 2.45) is 0 Å². The van der Waals surface area contributed by atoms with Crippen LogP contribution in [-0.4, -0.2) is 24.9 Å². The van der Waals surface area contributed by atoms with E-state index in [9.17, 15) is 4.79 Å². The molecule has 2 aromatic carbocycles. The molecule has 2 heterocycles.